The maximum atomic E-state index is 12.0. The number of rotatable bonds is 6. The number of amides is 1. The van der Waals surface area contributed by atoms with Crippen molar-refractivity contribution in [2.75, 3.05) is 18.9 Å². The van der Waals surface area contributed by atoms with E-state index < -0.39 is 0 Å². The first kappa shape index (κ1) is 15.2. The average molecular weight is 287 g/mol. The third-order valence-corrected chi connectivity index (χ3v) is 3.07. The zero-order valence-corrected chi connectivity index (χ0v) is 12.4. The zero-order chi connectivity index (χ0) is 15.2. The Balaban J connectivity index is 1.85. The summed E-state index contributed by atoms with van der Waals surface area (Å²) in [5, 5.41) is 6.99. The minimum Gasteiger partial charge on any atom is -0.326 e. The van der Waals surface area contributed by atoms with E-state index in [2.05, 4.69) is 10.4 Å². The van der Waals surface area contributed by atoms with E-state index in [0.29, 0.717) is 19.6 Å². The highest BCUT2D eigenvalue weighted by atomic mass is 16.2. The number of aromatic nitrogens is 2. The number of benzene rings is 1. The molecule has 0 aliphatic carbocycles. The van der Waals surface area contributed by atoms with E-state index >= 15 is 0 Å². The van der Waals surface area contributed by atoms with Gasteiger partial charge < -0.3 is 11.1 Å². The van der Waals surface area contributed by atoms with Crippen molar-refractivity contribution in [2.24, 2.45) is 12.8 Å². The van der Waals surface area contributed by atoms with Crippen LogP contribution in [0, 0.1) is 0 Å². The molecule has 3 N–H and O–H groups in total. The molecular formula is C15H21N5O. The van der Waals surface area contributed by atoms with Gasteiger partial charge >= 0.3 is 0 Å². The van der Waals surface area contributed by atoms with Gasteiger partial charge in [0.15, 0.2) is 0 Å². The molecule has 1 aromatic heterocycles. The Morgan fingerprint density at radius 2 is 2.24 bits per heavy atom. The van der Waals surface area contributed by atoms with Crippen molar-refractivity contribution >= 4 is 11.6 Å². The molecule has 1 amide bonds. The van der Waals surface area contributed by atoms with Crippen LogP contribution in [-0.2, 0) is 24.9 Å². The molecule has 0 saturated heterocycles. The SMILES string of the molecule is CN(CC(=O)Nc1cccc(CN)c1)Cc1cnn(C)c1. The second-order valence-corrected chi connectivity index (χ2v) is 5.15. The van der Waals surface area contributed by atoms with E-state index in [-0.39, 0.29) is 5.91 Å². The molecule has 0 atom stereocenters. The lowest BCUT2D eigenvalue weighted by Crippen LogP contribution is -2.29. The predicted octanol–water partition coefficient (Wildman–Crippen LogP) is 0.949. The van der Waals surface area contributed by atoms with Crippen LogP contribution in [0.3, 0.4) is 0 Å². The summed E-state index contributed by atoms with van der Waals surface area (Å²) >= 11 is 0. The number of carbonyl (C=O) groups excluding carboxylic acids is 1. The first-order valence-corrected chi connectivity index (χ1v) is 6.82. The molecule has 0 bridgehead atoms. The Hall–Kier alpha value is -2.18. The first-order chi connectivity index (χ1) is 10.1. The van der Waals surface area contributed by atoms with Crippen molar-refractivity contribution in [2.45, 2.75) is 13.1 Å². The Morgan fingerprint density at radius 3 is 2.90 bits per heavy atom. The fraction of sp³-hybridized carbons (Fsp3) is 0.333. The van der Waals surface area contributed by atoms with Crippen LogP contribution < -0.4 is 11.1 Å². The van der Waals surface area contributed by atoms with Gasteiger partial charge in [0.25, 0.3) is 0 Å². The fourth-order valence-electron chi connectivity index (χ4n) is 2.14. The largest absolute Gasteiger partial charge is 0.326 e. The molecule has 0 saturated carbocycles. The van der Waals surface area contributed by atoms with E-state index in [9.17, 15) is 4.79 Å². The molecular weight excluding hydrogens is 266 g/mol. The Kier molecular flexibility index (Phi) is 5.08. The summed E-state index contributed by atoms with van der Waals surface area (Å²) in [7, 11) is 3.78. The van der Waals surface area contributed by atoms with Gasteiger partial charge in [-0.1, -0.05) is 12.1 Å². The monoisotopic (exact) mass is 287 g/mol. The van der Waals surface area contributed by atoms with Gasteiger partial charge in [-0.05, 0) is 24.7 Å². The van der Waals surface area contributed by atoms with Crippen molar-refractivity contribution < 1.29 is 4.79 Å². The minimum atomic E-state index is -0.0458. The minimum absolute atomic E-state index is 0.0458. The molecule has 0 fully saturated rings. The smallest absolute Gasteiger partial charge is 0.238 e. The van der Waals surface area contributed by atoms with E-state index in [4.69, 9.17) is 5.73 Å². The zero-order valence-electron chi connectivity index (χ0n) is 12.4. The number of hydrogen-bond acceptors (Lipinski definition) is 4. The lowest BCUT2D eigenvalue weighted by Gasteiger charge is -2.15. The van der Waals surface area contributed by atoms with Crippen LogP contribution in [0.15, 0.2) is 36.7 Å². The first-order valence-electron chi connectivity index (χ1n) is 6.82. The third-order valence-electron chi connectivity index (χ3n) is 3.07. The van der Waals surface area contributed by atoms with Gasteiger partial charge in [0.1, 0.15) is 0 Å². The second-order valence-electron chi connectivity index (χ2n) is 5.15. The van der Waals surface area contributed by atoms with Gasteiger partial charge in [-0.15, -0.1) is 0 Å². The van der Waals surface area contributed by atoms with Crippen LogP contribution in [0.5, 0.6) is 0 Å². The topological polar surface area (TPSA) is 76.2 Å². The van der Waals surface area contributed by atoms with Crippen molar-refractivity contribution in [3.63, 3.8) is 0 Å². The summed E-state index contributed by atoms with van der Waals surface area (Å²) in [6, 6.07) is 7.57. The number of anilines is 1. The summed E-state index contributed by atoms with van der Waals surface area (Å²) < 4.78 is 1.75. The molecule has 112 valence electrons. The molecule has 0 radical (unpaired) electrons. The van der Waals surface area contributed by atoms with Crippen molar-refractivity contribution in [1.29, 1.82) is 0 Å². The van der Waals surface area contributed by atoms with Gasteiger partial charge in [0, 0.05) is 37.6 Å². The maximum Gasteiger partial charge on any atom is 0.238 e. The molecule has 6 heteroatoms. The van der Waals surface area contributed by atoms with Crippen LogP contribution in [0.1, 0.15) is 11.1 Å². The number of carbonyl (C=O) groups is 1. The Bertz CT molecular complexity index is 608. The van der Waals surface area contributed by atoms with Crippen molar-refractivity contribution in [1.82, 2.24) is 14.7 Å². The summed E-state index contributed by atoms with van der Waals surface area (Å²) in [6.45, 7) is 1.47. The molecule has 0 unspecified atom stereocenters. The molecule has 0 aliphatic rings. The van der Waals surface area contributed by atoms with E-state index in [1.165, 1.54) is 0 Å². The van der Waals surface area contributed by atoms with E-state index in [1.54, 1.807) is 10.9 Å². The van der Waals surface area contributed by atoms with Crippen molar-refractivity contribution in [3.8, 4) is 0 Å². The summed E-state index contributed by atoms with van der Waals surface area (Å²) in [6.07, 6.45) is 3.75. The molecule has 2 aromatic rings. The van der Waals surface area contributed by atoms with Gasteiger partial charge in [-0.25, -0.2) is 0 Å². The average Bonchev–Trinajstić information content (AvgIpc) is 2.83. The Morgan fingerprint density at radius 1 is 1.43 bits per heavy atom. The van der Waals surface area contributed by atoms with Crippen LogP contribution >= 0.6 is 0 Å². The lowest BCUT2D eigenvalue weighted by atomic mass is 10.2. The molecule has 21 heavy (non-hydrogen) atoms. The molecule has 0 aliphatic heterocycles. The van der Waals surface area contributed by atoms with E-state index in [1.807, 2.05) is 49.5 Å². The highest BCUT2D eigenvalue weighted by Crippen LogP contribution is 2.10. The standard InChI is InChI=1S/C15H21N5O/c1-19(9-13-8-17-20(2)10-13)11-15(21)18-14-5-3-4-12(6-14)7-16/h3-6,8,10H,7,9,11,16H2,1-2H3,(H,18,21). The number of likely N-dealkylation sites (N-methyl/N-ethyl adjacent to an activating group) is 1. The Labute approximate surface area is 124 Å². The van der Waals surface area contributed by atoms with Crippen molar-refractivity contribution in [3.05, 3.63) is 47.8 Å². The molecule has 0 spiro atoms. The molecule has 2 rings (SSSR count). The molecule has 6 nitrogen and oxygen atoms in total. The number of aryl methyl sites for hydroxylation is 1. The normalized spacial score (nSPS) is 10.9. The number of nitrogens with one attached hydrogen (secondary N) is 1. The maximum absolute atomic E-state index is 12.0. The number of hydrogen-bond donors (Lipinski definition) is 2. The predicted molar refractivity (Wildman–Crippen MR) is 82.5 cm³/mol. The molecule has 1 aromatic carbocycles. The summed E-state index contributed by atoms with van der Waals surface area (Å²) in [4.78, 5) is 14.0. The number of nitrogens with two attached hydrogens (primary N) is 1. The van der Waals surface area contributed by atoms with Gasteiger partial charge in [0.05, 0.1) is 12.7 Å². The van der Waals surface area contributed by atoms with Gasteiger partial charge in [-0.2, -0.15) is 5.10 Å². The summed E-state index contributed by atoms with van der Waals surface area (Å²) in [5.74, 6) is -0.0458. The summed E-state index contributed by atoms with van der Waals surface area (Å²) in [5.41, 5.74) is 8.44. The van der Waals surface area contributed by atoms with Crippen LogP contribution in [-0.4, -0.2) is 34.2 Å². The second kappa shape index (κ2) is 7.01. The molecule has 1 heterocycles. The van der Waals surface area contributed by atoms with Crippen LogP contribution in [0.2, 0.25) is 0 Å². The van der Waals surface area contributed by atoms with E-state index in [0.717, 1.165) is 16.8 Å². The third kappa shape index (κ3) is 4.70. The van der Waals surface area contributed by atoms with Crippen LogP contribution in [0.4, 0.5) is 5.69 Å². The van der Waals surface area contributed by atoms with Gasteiger partial charge in [0.2, 0.25) is 5.91 Å². The highest BCUT2D eigenvalue weighted by molar-refractivity contribution is 5.92. The van der Waals surface area contributed by atoms with Gasteiger partial charge in [-0.3, -0.25) is 14.4 Å². The number of nitrogens with zero attached hydrogens (tertiary/aromatic N) is 3. The lowest BCUT2D eigenvalue weighted by molar-refractivity contribution is -0.117. The fourth-order valence-corrected chi connectivity index (χ4v) is 2.14. The highest BCUT2D eigenvalue weighted by Gasteiger charge is 2.08. The van der Waals surface area contributed by atoms with Crippen LogP contribution in [0.25, 0.3) is 0 Å². The quantitative estimate of drug-likeness (QED) is 0.829.